The summed E-state index contributed by atoms with van der Waals surface area (Å²) in [6.07, 6.45) is 4.64. The minimum atomic E-state index is -3.37. The molecular formula is C23H41N5O6S. The monoisotopic (exact) mass is 515 g/mol. The highest BCUT2D eigenvalue weighted by Gasteiger charge is 2.38. The van der Waals surface area contributed by atoms with Crippen molar-refractivity contribution in [3.05, 3.63) is 23.8 Å². The Morgan fingerprint density at radius 1 is 1.11 bits per heavy atom. The zero-order chi connectivity index (χ0) is 26.9. The molecule has 0 aliphatic rings. The van der Waals surface area contributed by atoms with E-state index in [1.807, 2.05) is 13.8 Å². The predicted molar refractivity (Wildman–Crippen MR) is 133 cm³/mol. The number of ether oxygens (including phenoxy) is 1. The van der Waals surface area contributed by atoms with E-state index in [1.165, 1.54) is 7.11 Å². The number of rotatable bonds is 15. The lowest BCUT2D eigenvalue weighted by molar-refractivity contribution is -0.147. The molecule has 0 saturated carbocycles. The molecule has 0 aliphatic carbocycles. The number of carbonyl (C=O) groups excluding carboxylic acids is 2. The zero-order valence-corrected chi connectivity index (χ0v) is 22.7. The van der Waals surface area contributed by atoms with Gasteiger partial charge in [0.05, 0.1) is 42.0 Å². The van der Waals surface area contributed by atoms with E-state index in [1.54, 1.807) is 40.2 Å². The second-order valence-corrected chi connectivity index (χ2v) is 12.4. The van der Waals surface area contributed by atoms with Crippen molar-refractivity contribution in [3.8, 4) is 0 Å². The summed E-state index contributed by atoms with van der Waals surface area (Å²) < 4.78 is 29.1. The molecule has 0 aromatic carbocycles. The quantitative estimate of drug-likeness (QED) is 0.193. The van der Waals surface area contributed by atoms with Crippen molar-refractivity contribution in [2.75, 3.05) is 32.3 Å². The van der Waals surface area contributed by atoms with Gasteiger partial charge in [-0.3, -0.25) is 30.3 Å². The first-order valence-corrected chi connectivity index (χ1v) is 13.4. The first-order chi connectivity index (χ1) is 16.1. The molecule has 0 fully saturated rings. The summed E-state index contributed by atoms with van der Waals surface area (Å²) in [6, 6.07) is 0. The van der Waals surface area contributed by atoms with E-state index in [9.17, 15) is 18.0 Å². The molecule has 1 aromatic rings. The topological polar surface area (TPSA) is 160 Å². The zero-order valence-electron chi connectivity index (χ0n) is 21.9. The summed E-state index contributed by atoms with van der Waals surface area (Å²) in [5, 5.41) is 12.1. The number of esters is 1. The Balaban J connectivity index is 3.06. The van der Waals surface area contributed by atoms with Crippen LogP contribution >= 0.6 is 0 Å². The SMILES string of the molecule is CNNC(=O)C(C)(CCCC(C)(C)CS(=O)(=O)CCO)c1cncc(CNC(C)(C)C(=O)OC)n1. The average molecular weight is 516 g/mol. The van der Waals surface area contributed by atoms with E-state index in [0.29, 0.717) is 30.7 Å². The molecule has 0 radical (unpaired) electrons. The van der Waals surface area contributed by atoms with Crippen LogP contribution in [-0.4, -0.2) is 73.2 Å². The van der Waals surface area contributed by atoms with Gasteiger partial charge in [0.2, 0.25) is 5.91 Å². The lowest BCUT2D eigenvalue weighted by atomic mass is 9.78. The second-order valence-electron chi connectivity index (χ2n) is 10.2. The lowest BCUT2D eigenvalue weighted by Gasteiger charge is -2.30. The number of sulfone groups is 1. The molecule has 1 amide bonds. The van der Waals surface area contributed by atoms with E-state index in [0.717, 1.165) is 0 Å². The third kappa shape index (κ3) is 9.43. The molecule has 4 N–H and O–H groups in total. The molecule has 0 bridgehead atoms. The van der Waals surface area contributed by atoms with Crippen LogP contribution in [0.25, 0.3) is 0 Å². The van der Waals surface area contributed by atoms with Gasteiger partial charge in [0.25, 0.3) is 0 Å². The number of hydrazine groups is 1. The fourth-order valence-corrected chi connectivity index (χ4v) is 5.56. The molecule has 11 nitrogen and oxygen atoms in total. The Hall–Kier alpha value is -2.15. The number of hydrogen-bond acceptors (Lipinski definition) is 10. The van der Waals surface area contributed by atoms with Gasteiger partial charge in [-0.15, -0.1) is 0 Å². The molecule has 12 heteroatoms. The second kappa shape index (κ2) is 12.7. The third-order valence-electron chi connectivity index (χ3n) is 5.94. The number of carbonyl (C=O) groups is 2. The van der Waals surface area contributed by atoms with E-state index in [-0.39, 0.29) is 24.0 Å². The van der Waals surface area contributed by atoms with Crippen LogP contribution in [0.4, 0.5) is 0 Å². The highest BCUT2D eigenvalue weighted by molar-refractivity contribution is 7.91. The van der Waals surface area contributed by atoms with Gasteiger partial charge in [-0.05, 0) is 39.0 Å². The Morgan fingerprint density at radius 2 is 1.77 bits per heavy atom. The van der Waals surface area contributed by atoms with Crippen molar-refractivity contribution < 1.29 is 27.9 Å². The highest BCUT2D eigenvalue weighted by atomic mass is 32.2. The average Bonchev–Trinajstić information content (AvgIpc) is 2.76. The van der Waals surface area contributed by atoms with Gasteiger partial charge in [0, 0.05) is 26.0 Å². The van der Waals surface area contributed by atoms with Gasteiger partial charge < -0.3 is 9.84 Å². The van der Waals surface area contributed by atoms with Crippen LogP contribution < -0.4 is 16.2 Å². The smallest absolute Gasteiger partial charge is 0.325 e. The highest BCUT2D eigenvalue weighted by Crippen LogP contribution is 2.33. The van der Waals surface area contributed by atoms with Crippen LogP contribution in [0.15, 0.2) is 12.4 Å². The summed E-state index contributed by atoms with van der Waals surface area (Å²) in [7, 11) is -0.454. The summed E-state index contributed by atoms with van der Waals surface area (Å²) >= 11 is 0. The number of aliphatic hydroxyl groups is 1. The minimum Gasteiger partial charge on any atom is -0.468 e. The fourth-order valence-electron chi connectivity index (χ4n) is 3.80. The van der Waals surface area contributed by atoms with E-state index < -0.39 is 38.8 Å². The van der Waals surface area contributed by atoms with Crippen LogP contribution in [0, 0.1) is 5.41 Å². The third-order valence-corrected chi connectivity index (χ3v) is 7.97. The van der Waals surface area contributed by atoms with E-state index >= 15 is 0 Å². The standard InChI is InChI=1S/C23H41N5O6S/c1-21(2,16-35(32,33)12-11-29)9-8-10-23(5,19(30)28-24-6)18-15-25-13-17(27-18)14-26-22(3,4)20(31)34-7/h13,15,24,26,29H,8-12,14,16H2,1-7H3,(H,28,30). The first-order valence-electron chi connectivity index (χ1n) is 11.6. The number of aliphatic hydroxyl groups excluding tert-OH is 1. The molecule has 1 aromatic heterocycles. The molecule has 0 aliphatic heterocycles. The van der Waals surface area contributed by atoms with Gasteiger partial charge in [0.1, 0.15) is 5.54 Å². The lowest BCUT2D eigenvalue weighted by Crippen LogP contribution is -2.48. The van der Waals surface area contributed by atoms with Crippen molar-refractivity contribution in [1.82, 2.24) is 26.1 Å². The molecule has 200 valence electrons. The van der Waals surface area contributed by atoms with E-state index in [4.69, 9.17) is 9.84 Å². The number of aromatic nitrogens is 2. The largest absolute Gasteiger partial charge is 0.468 e. The van der Waals surface area contributed by atoms with Crippen molar-refractivity contribution in [2.45, 2.75) is 71.4 Å². The number of hydrogen-bond donors (Lipinski definition) is 4. The molecular weight excluding hydrogens is 474 g/mol. The minimum absolute atomic E-state index is 0.0447. The van der Waals surface area contributed by atoms with Gasteiger partial charge >= 0.3 is 5.97 Å². The molecule has 0 spiro atoms. The molecule has 1 heterocycles. The fraction of sp³-hybridized carbons (Fsp3) is 0.739. The molecule has 1 atom stereocenters. The summed E-state index contributed by atoms with van der Waals surface area (Å²) in [4.78, 5) is 33.9. The Bertz CT molecular complexity index is 967. The number of amides is 1. The Kier molecular flexibility index (Phi) is 11.2. The predicted octanol–water partition coefficient (Wildman–Crippen LogP) is 0.630. The Labute approximate surface area is 208 Å². The van der Waals surface area contributed by atoms with Crippen molar-refractivity contribution in [1.29, 1.82) is 0 Å². The van der Waals surface area contributed by atoms with Gasteiger partial charge in [0.15, 0.2) is 9.84 Å². The summed E-state index contributed by atoms with van der Waals surface area (Å²) in [6.45, 7) is 8.73. The van der Waals surface area contributed by atoms with Crippen molar-refractivity contribution >= 4 is 21.7 Å². The van der Waals surface area contributed by atoms with Crippen LogP contribution in [0.2, 0.25) is 0 Å². The number of methoxy groups -OCH3 is 1. The maximum absolute atomic E-state index is 13.0. The summed E-state index contributed by atoms with van der Waals surface area (Å²) in [5.74, 6) is -1.01. The van der Waals surface area contributed by atoms with Gasteiger partial charge in [-0.25, -0.2) is 13.8 Å². The van der Waals surface area contributed by atoms with Gasteiger partial charge in [-0.2, -0.15) is 0 Å². The van der Waals surface area contributed by atoms with Gasteiger partial charge in [-0.1, -0.05) is 20.3 Å². The van der Waals surface area contributed by atoms with Crippen LogP contribution in [0.1, 0.15) is 65.3 Å². The van der Waals surface area contributed by atoms with Crippen molar-refractivity contribution in [2.24, 2.45) is 5.41 Å². The number of nitrogens with zero attached hydrogens (tertiary/aromatic N) is 2. The van der Waals surface area contributed by atoms with Crippen LogP contribution in [0.3, 0.4) is 0 Å². The van der Waals surface area contributed by atoms with Crippen molar-refractivity contribution in [3.63, 3.8) is 0 Å². The molecule has 1 rings (SSSR count). The first kappa shape index (κ1) is 30.9. The molecule has 0 saturated heterocycles. The Morgan fingerprint density at radius 3 is 2.34 bits per heavy atom. The van der Waals surface area contributed by atoms with E-state index in [2.05, 4.69) is 26.1 Å². The maximum Gasteiger partial charge on any atom is 0.325 e. The normalized spacial score (nSPS) is 14.3. The maximum atomic E-state index is 13.0. The number of nitrogens with one attached hydrogen (secondary N) is 3. The molecule has 1 unspecified atom stereocenters. The van der Waals surface area contributed by atoms with Crippen LogP contribution in [0.5, 0.6) is 0 Å². The molecule has 35 heavy (non-hydrogen) atoms. The van der Waals surface area contributed by atoms with Crippen LogP contribution in [-0.2, 0) is 36.1 Å². The summed E-state index contributed by atoms with van der Waals surface area (Å²) in [5.41, 5.74) is 3.82.